The summed E-state index contributed by atoms with van der Waals surface area (Å²) < 4.78 is 4.87. The maximum absolute atomic E-state index is 11.8. The molecule has 2 aromatic rings. The first kappa shape index (κ1) is 12.0. The molecule has 2 rings (SSSR count). The molecule has 0 bridgehead atoms. The summed E-state index contributed by atoms with van der Waals surface area (Å²) in [6.45, 7) is 1.85. The van der Waals surface area contributed by atoms with Gasteiger partial charge in [0, 0.05) is 11.8 Å². The van der Waals surface area contributed by atoms with Crippen LogP contribution in [0.25, 0.3) is 0 Å². The molecule has 0 saturated carbocycles. The maximum atomic E-state index is 11.8. The molecule has 1 N–H and O–H groups in total. The van der Waals surface area contributed by atoms with Crippen LogP contribution in [0.1, 0.15) is 16.2 Å². The summed E-state index contributed by atoms with van der Waals surface area (Å²) in [7, 11) is 1.49. The fraction of sp³-hybridized carbons (Fsp3) is 0.167. The van der Waals surface area contributed by atoms with E-state index in [1.165, 1.54) is 13.2 Å². The Kier molecular flexibility index (Phi) is 3.47. The topological polar surface area (TPSA) is 77.0 Å². The Morgan fingerprint density at radius 1 is 1.22 bits per heavy atom. The molecule has 0 unspecified atom stereocenters. The second kappa shape index (κ2) is 5.22. The normalized spacial score (nSPS) is 9.89. The monoisotopic (exact) mass is 244 g/mol. The second-order valence-electron chi connectivity index (χ2n) is 3.58. The third-order valence-electron chi connectivity index (χ3n) is 2.21. The van der Waals surface area contributed by atoms with Crippen LogP contribution in [0.3, 0.4) is 0 Å². The molecule has 0 radical (unpaired) electrons. The lowest BCUT2D eigenvalue weighted by molar-refractivity contribution is 0.102. The number of anilines is 1. The molecule has 0 aliphatic heterocycles. The minimum atomic E-state index is -0.358. The van der Waals surface area contributed by atoms with Crippen molar-refractivity contribution in [2.24, 2.45) is 0 Å². The van der Waals surface area contributed by atoms with Gasteiger partial charge in [-0.25, -0.2) is 4.98 Å². The van der Waals surface area contributed by atoms with E-state index in [2.05, 4.69) is 20.5 Å². The predicted octanol–water partition coefficient (Wildman–Crippen LogP) is 1.44. The number of amides is 1. The smallest absolute Gasteiger partial charge is 0.277 e. The fourth-order valence-corrected chi connectivity index (χ4v) is 1.34. The number of nitrogens with one attached hydrogen (secondary N) is 1. The predicted molar refractivity (Wildman–Crippen MR) is 65.5 cm³/mol. The highest BCUT2D eigenvalue weighted by Crippen LogP contribution is 2.07. The summed E-state index contributed by atoms with van der Waals surface area (Å²) in [6, 6.07) is 8.49. The van der Waals surface area contributed by atoms with Crippen molar-refractivity contribution >= 4 is 11.7 Å². The number of methoxy groups -OCH3 is 1. The van der Waals surface area contributed by atoms with Crippen LogP contribution >= 0.6 is 0 Å². The molecule has 1 amide bonds. The molecule has 0 spiro atoms. The van der Waals surface area contributed by atoms with Gasteiger partial charge in [-0.3, -0.25) is 4.79 Å². The van der Waals surface area contributed by atoms with Crippen molar-refractivity contribution < 1.29 is 9.53 Å². The van der Waals surface area contributed by atoms with Gasteiger partial charge >= 0.3 is 0 Å². The van der Waals surface area contributed by atoms with Crippen molar-refractivity contribution in [3.8, 4) is 5.88 Å². The van der Waals surface area contributed by atoms with Crippen molar-refractivity contribution in [2.75, 3.05) is 12.4 Å². The maximum Gasteiger partial charge on any atom is 0.277 e. The average molecular weight is 244 g/mol. The zero-order valence-corrected chi connectivity index (χ0v) is 10.0. The molecule has 6 nitrogen and oxygen atoms in total. The lowest BCUT2D eigenvalue weighted by Crippen LogP contribution is -2.15. The quantitative estimate of drug-likeness (QED) is 0.884. The van der Waals surface area contributed by atoms with Gasteiger partial charge in [-0.05, 0) is 25.1 Å². The van der Waals surface area contributed by atoms with E-state index in [0.717, 1.165) is 5.69 Å². The van der Waals surface area contributed by atoms with Crippen LogP contribution in [0.4, 0.5) is 5.82 Å². The third kappa shape index (κ3) is 2.79. The van der Waals surface area contributed by atoms with Gasteiger partial charge in [0.15, 0.2) is 5.69 Å². The van der Waals surface area contributed by atoms with Crippen molar-refractivity contribution in [3.05, 3.63) is 41.7 Å². The molecule has 92 valence electrons. The molecule has 6 heteroatoms. The van der Waals surface area contributed by atoms with Crippen LogP contribution in [0, 0.1) is 6.92 Å². The van der Waals surface area contributed by atoms with Crippen LogP contribution in [0.15, 0.2) is 30.3 Å². The summed E-state index contributed by atoms with van der Waals surface area (Å²) in [5.74, 6) is 0.487. The van der Waals surface area contributed by atoms with Gasteiger partial charge in [0.1, 0.15) is 5.82 Å². The van der Waals surface area contributed by atoms with Gasteiger partial charge in [-0.1, -0.05) is 6.07 Å². The van der Waals surface area contributed by atoms with E-state index in [0.29, 0.717) is 11.7 Å². The fourth-order valence-electron chi connectivity index (χ4n) is 1.34. The summed E-state index contributed by atoms with van der Waals surface area (Å²) in [6.07, 6.45) is 0. The number of rotatable bonds is 3. The first-order valence-corrected chi connectivity index (χ1v) is 5.32. The first-order chi connectivity index (χ1) is 8.69. The summed E-state index contributed by atoms with van der Waals surface area (Å²) in [4.78, 5) is 16.0. The summed E-state index contributed by atoms with van der Waals surface area (Å²) in [5, 5.41) is 10.1. The number of carbonyl (C=O) groups excluding carboxylic acids is 1. The standard InChI is InChI=1S/C12H12N4O2/c1-8-4-3-5-10(13-8)14-12(17)9-6-7-11(18-2)16-15-9/h3-7H,1-2H3,(H,13,14,17). The largest absolute Gasteiger partial charge is 0.480 e. The van der Waals surface area contributed by atoms with Crippen molar-refractivity contribution in [2.45, 2.75) is 6.92 Å². The highest BCUT2D eigenvalue weighted by atomic mass is 16.5. The van der Waals surface area contributed by atoms with Gasteiger partial charge in [-0.15, -0.1) is 10.2 Å². The molecule has 2 heterocycles. The highest BCUT2D eigenvalue weighted by Gasteiger charge is 2.09. The molecule has 0 aliphatic rings. The molecule has 0 fully saturated rings. The molecule has 2 aromatic heterocycles. The zero-order chi connectivity index (χ0) is 13.0. The van der Waals surface area contributed by atoms with Gasteiger partial charge in [-0.2, -0.15) is 0 Å². The number of nitrogens with zero attached hydrogens (tertiary/aromatic N) is 3. The Bertz CT molecular complexity index is 554. The highest BCUT2D eigenvalue weighted by molar-refractivity contribution is 6.02. The number of pyridine rings is 1. The van der Waals surface area contributed by atoms with Gasteiger partial charge in [0.05, 0.1) is 7.11 Å². The molecule has 0 aromatic carbocycles. The van der Waals surface area contributed by atoms with Crippen LogP contribution in [0.2, 0.25) is 0 Å². The molecular formula is C12H12N4O2. The Hall–Kier alpha value is -2.50. The molecular weight excluding hydrogens is 232 g/mol. The van der Waals surface area contributed by atoms with E-state index in [4.69, 9.17) is 4.74 Å². The van der Waals surface area contributed by atoms with Crippen molar-refractivity contribution in [1.29, 1.82) is 0 Å². The SMILES string of the molecule is COc1ccc(C(=O)Nc2cccc(C)n2)nn1. The van der Waals surface area contributed by atoms with Gasteiger partial charge < -0.3 is 10.1 Å². The molecule has 0 aliphatic carbocycles. The number of aromatic nitrogens is 3. The van der Waals surface area contributed by atoms with Crippen molar-refractivity contribution in [3.63, 3.8) is 0 Å². The lowest BCUT2D eigenvalue weighted by atomic mass is 10.3. The van der Waals surface area contributed by atoms with E-state index in [-0.39, 0.29) is 11.6 Å². The molecule has 0 atom stereocenters. The number of carbonyl (C=O) groups is 1. The number of aryl methyl sites for hydroxylation is 1. The van der Waals surface area contributed by atoms with Crippen LogP contribution in [0.5, 0.6) is 5.88 Å². The average Bonchev–Trinajstić information content (AvgIpc) is 2.39. The second-order valence-corrected chi connectivity index (χ2v) is 3.58. The number of hydrogen-bond donors (Lipinski definition) is 1. The Morgan fingerprint density at radius 3 is 2.67 bits per heavy atom. The van der Waals surface area contributed by atoms with Crippen LogP contribution in [-0.2, 0) is 0 Å². The summed E-state index contributed by atoms with van der Waals surface area (Å²) in [5.41, 5.74) is 1.03. The lowest BCUT2D eigenvalue weighted by Gasteiger charge is -2.04. The third-order valence-corrected chi connectivity index (χ3v) is 2.21. The number of ether oxygens (including phenoxy) is 1. The Morgan fingerprint density at radius 2 is 2.06 bits per heavy atom. The van der Waals surface area contributed by atoms with E-state index in [9.17, 15) is 4.79 Å². The Balaban J connectivity index is 2.11. The number of hydrogen-bond acceptors (Lipinski definition) is 5. The van der Waals surface area contributed by atoms with E-state index in [1.807, 2.05) is 19.1 Å². The van der Waals surface area contributed by atoms with Crippen LogP contribution in [-0.4, -0.2) is 28.2 Å². The summed E-state index contributed by atoms with van der Waals surface area (Å²) >= 11 is 0. The Labute approximate surface area is 104 Å². The molecule has 0 saturated heterocycles. The van der Waals surface area contributed by atoms with Gasteiger partial charge in [0.2, 0.25) is 5.88 Å². The van der Waals surface area contributed by atoms with E-state index < -0.39 is 0 Å². The van der Waals surface area contributed by atoms with Crippen LogP contribution < -0.4 is 10.1 Å². The van der Waals surface area contributed by atoms with E-state index in [1.54, 1.807) is 12.1 Å². The zero-order valence-electron chi connectivity index (χ0n) is 10.0. The van der Waals surface area contributed by atoms with E-state index >= 15 is 0 Å². The first-order valence-electron chi connectivity index (χ1n) is 5.32. The van der Waals surface area contributed by atoms with Crippen molar-refractivity contribution in [1.82, 2.24) is 15.2 Å². The van der Waals surface area contributed by atoms with Gasteiger partial charge in [0.25, 0.3) is 5.91 Å². The minimum absolute atomic E-state index is 0.208. The minimum Gasteiger partial charge on any atom is -0.480 e. The molecule has 18 heavy (non-hydrogen) atoms.